The van der Waals surface area contributed by atoms with E-state index in [1.54, 1.807) is 6.92 Å². The highest BCUT2D eigenvalue weighted by atomic mass is 19.1. The van der Waals surface area contributed by atoms with E-state index in [1.807, 2.05) is 0 Å². The topological polar surface area (TPSA) is 75.6 Å². The first-order valence-electron chi connectivity index (χ1n) is 6.28. The van der Waals surface area contributed by atoms with E-state index in [0.717, 1.165) is 0 Å². The smallest absolute Gasteiger partial charge is 0.319 e. The molecule has 1 aromatic carbocycles. The minimum atomic E-state index is -1.31. The molecule has 2 rings (SSSR count). The van der Waals surface area contributed by atoms with Crippen LogP contribution < -0.4 is 10.1 Å². The minimum absolute atomic E-state index is 0.334. The molecule has 1 amide bonds. The van der Waals surface area contributed by atoms with Gasteiger partial charge in [-0.05, 0) is 38.0 Å². The molecule has 0 radical (unpaired) electrons. The molecule has 0 aliphatic heterocycles. The SMILES string of the molecule is COc1ccc(F)cc1[C@H](C)NC(=O)C1(C(=O)O)CC1. The fourth-order valence-electron chi connectivity index (χ4n) is 2.12. The number of ether oxygens (including phenoxy) is 1. The molecule has 1 atom stereocenters. The van der Waals surface area contributed by atoms with Gasteiger partial charge in [-0.2, -0.15) is 0 Å². The van der Waals surface area contributed by atoms with Crippen LogP contribution in [-0.2, 0) is 9.59 Å². The lowest BCUT2D eigenvalue weighted by molar-refractivity contribution is -0.149. The van der Waals surface area contributed by atoms with Crippen molar-refractivity contribution < 1.29 is 23.8 Å². The Morgan fingerprint density at radius 3 is 2.60 bits per heavy atom. The number of carboxylic acid groups (broad SMARTS) is 1. The van der Waals surface area contributed by atoms with Crippen LogP contribution >= 0.6 is 0 Å². The second-order valence-corrected chi connectivity index (χ2v) is 4.97. The van der Waals surface area contributed by atoms with E-state index in [2.05, 4.69) is 5.32 Å². The Hall–Kier alpha value is -2.11. The quantitative estimate of drug-likeness (QED) is 0.808. The number of halogens is 1. The highest BCUT2D eigenvalue weighted by Crippen LogP contribution is 2.46. The van der Waals surface area contributed by atoms with Crippen LogP contribution in [0, 0.1) is 11.2 Å². The Balaban J connectivity index is 2.16. The molecule has 108 valence electrons. The van der Waals surface area contributed by atoms with Crippen LogP contribution in [0.1, 0.15) is 31.4 Å². The number of carbonyl (C=O) groups is 2. The van der Waals surface area contributed by atoms with Crippen molar-refractivity contribution in [1.29, 1.82) is 0 Å². The van der Waals surface area contributed by atoms with Crippen molar-refractivity contribution in [3.05, 3.63) is 29.6 Å². The molecule has 1 aliphatic rings. The summed E-state index contributed by atoms with van der Waals surface area (Å²) in [6.45, 7) is 1.66. The van der Waals surface area contributed by atoms with Gasteiger partial charge < -0.3 is 15.2 Å². The highest BCUT2D eigenvalue weighted by Gasteiger charge is 2.57. The van der Waals surface area contributed by atoms with Gasteiger partial charge in [0.1, 0.15) is 17.0 Å². The maximum atomic E-state index is 13.3. The molecule has 0 saturated heterocycles. The van der Waals surface area contributed by atoms with E-state index < -0.39 is 29.2 Å². The number of carboxylic acids is 1. The number of hydrogen-bond acceptors (Lipinski definition) is 3. The molecule has 2 N–H and O–H groups in total. The second-order valence-electron chi connectivity index (χ2n) is 4.97. The van der Waals surface area contributed by atoms with Crippen LogP contribution in [-0.4, -0.2) is 24.1 Å². The standard InChI is InChI=1S/C14H16FNO4/c1-8(10-7-9(15)3-4-11(10)20-2)16-12(17)14(5-6-14)13(18)19/h3-4,7-8H,5-6H2,1-2H3,(H,16,17)(H,18,19)/t8-/m0/s1. The number of rotatable bonds is 5. The summed E-state index contributed by atoms with van der Waals surface area (Å²) < 4.78 is 18.4. The summed E-state index contributed by atoms with van der Waals surface area (Å²) in [5.41, 5.74) is -0.837. The van der Waals surface area contributed by atoms with E-state index in [-0.39, 0.29) is 0 Å². The van der Waals surface area contributed by atoms with Gasteiger partial charge in [0.25, 0.3) is 0 Å². The van der Waals surface area contributed by atoms with E-state index >= 15 is 0 Å². The van der Waals surface area contributed by atoms with Crippen LogP contribution in [0.2, 0.25) is 0 Å². The maximum Gasteiger partial charge on any atom is 0.319 e. The van der Waals surface area contributed by atoms with Crippen molar-refractivity contribution in [3.63, 3.8) is 0 Å². The zero-order valence-corrected chi connectivity index (χ0v) is 11.3. The first-order valence-corrected chi connectivity index (χ1v) is 6.28. The van der Waals surface area contributed by atoms with Crippen molar-refractivity contribution in [1.82, 2.24) is 5.32 Å². The summed E-state index contributed by atoms with van der Waals surface area (Å²) in [6.07, 6.45) is 0.669. The van der Waals surface area contributed by atoms with Crippen molar-refractivity contribution >= 4 is 11.9 Å². The van der Waals surface area contributed by atoms with Gasteiger partial charge in [-0.15, -0.1) is 0 Å². The number of amides is 1. The molecule has 1 fully saturated rings. The van der Waals surface area contributed by atoms with Crippen molar-refractivity contribution in [2.24, 2.45) is 5.41 Å². The Labute approximate surface area is 115 Å². The molecule has 0 unspecified atom stereocenters. The highest BCUT2D eigenvalue weighted by molar-refractivity contribution is 6.04. The molecule has 0 bridgehead atoms. The third-order valence-corrected chi connectivity index (χ3v) is 3.60. The van der Waals surface area contributed by atoms with Crippen molar-refractivity contribution in [2.45, 2.75) is 25.8 Å². The van der Waals surface area contributed by atoms with Crippen LogP contribution in [0.3, 0.4) is 0 Å². The average molecular weight is 281 g/mol. The monoisotopic (exact) mass is 281 g/mol. The number of hydrogen-bond donors (Lipinski definition) is 2. The van der Waals surface area contributed by atoms with Crippen LogP contribution in [0.4, 0.5) is 4.39 Å². The van der Waals surface area contributed by atoms with Gasteiger partial charge in [0.2, 0.25) is 5.91 Å². The summed E-state index contributed by atoms with van der Waals surface area (Å²) in [5.74, 6) is -1.65. The number of methoxy groups -OCH3 is 1. The lowest BCUT2D eigenvalue weighted by Crippen LogP contribution is -2.38. The normalized spacial score (nSPS) is 17.1. The van der Waals surface area contributed by atoms with Gasteiger partial charge in [-0.3, -0.25) is 9.59 Å². The molecule has 6 heteroatoms. The number of carbonyl (C=O) groups excluding carboxylic acids is 1. The molecular weight excluding hydrogens is 265 g/mol. The summed E-state index contributed by atoms with van der Waals surface area (Å²) in [4.78, 5) is 23.1. The zero-order valence-electron chi connectivity index (χ0n) is 11.3. The minimum Gasteiger partial charge on any atom is -0.496 e. The van der Waals surface area contributed by atoms with Gasteiger partial charge >= 0.3 is 5.97 Å². The van der Waals surface area contributed by atoms with E-state index in [4.69, 9.17) is 9.84 Å². The Kier molecular flexibility index (Phi) is 3.65. The van der Waals surface area contributed by atoms with Gasteiger partial charge in [0.15, 0.2) is 0 Å². The zero-order chi connectivity index (χ0) is 14.9. The fourth-order valence-corrected chi connectivity index (χ4v) is 2.12. The lowest BCUT2D eigenvalue weighted by Gasteiger charge is -2.19. The van der Waals surface area contributed by atoms with E-state index in [1.165, 1.54) is 25.3 Å². The van der Waals surface area contributed by atoms with E-state index in [0.29, 0.717) is 24.2 Å². The molecule has 0 heterocycles. The van der Waals surface area contributed by atoms with Gasteiger partial charge in [0, 0.05) is 5.56 Å². The largest absolute Gasteiger partial charge is 0.496 e. The van der Waals surface area contributed by atoms with Crippen molar-refractivity contribution in [2.75, 3.05) is 7.11 Å². The number of nitrogens with one attached hydrogen (secondary N) is 1. The van der Waals surface area contributed by atoms with Crippen LogP contribution in [0.15, 0.2) is 18.2 Å². The fraction of sp³-hybridized carbons (Fsp3) is 0.429. The van der Waals surface area contributed by atoms with Crippen molar-refractivity contribution in [3.8, 4) is 5.75 Å². The van der Waals surface area contributed by atoms with Gasteiger partial charge in [-0.1, -0.05) is 0 Å². The maximum absolute atomic E-state index is 13.3. The van der Waals surface area contributed by atoms with Gasteiger partial charge in [0.05, 0.1) is 13.2 Å². The predicted octanol–water partition coefficient (Wildman–Crippen LogP) is 1.88. The molecule has 0 spiro atoms. The lowest BCUT2D eigenvalue weighted by atomic mass is 10.0. The molecular formula is C14H16FNO4. The van der Waals surface area contributed by atoms with Crippen LogP contribution in [0.25, 0.3) is 0 Å². The summed E-state index contributed by atoms with van der Waals surface area (Å²) in [7, 11) is 1.45. The third kappa shape index (κ3) is 2.45. The number of benzene rings is 1. The van der Waals surface area contributed by atoms with E-state index in [9.17, 15) is 14.0 Å². The number of aliphatic carboxylic acids is 1. The summed E-state index contributed by atoms with van der Waals surface area (Å²) in [6, 6.07) is 3.46. The second kappa shape index (κ2) is 5.11. The molecule has 5 nitrogen and oxygen atoms in total. The molecule has 20 heavy (non-hydrogen) atoms. The average Bonchev–Trinajstić information content (AvgIpc) is 3.20. The first-order chi connectivity index (χ1) is 9.40. The Bertz CT molecular complexity index is 554. The third-order valence-electron chi connectivity index (χ3n) is 3.60. The molecule has 1 saturated carbocycles. The first kappa shape index (κ1) is 14.3. The molecule has 1 aliphatic carbocycles. The predicted molar refractivity (Wildman–Crippen MR) is 68.8 cm³/mol. The van der Waals surface area contributed by atoms with Crippen LogP contribution in [0.5, 0.6) is 5.75 Å². The summed E-state index contributed by atoms with van der Waals surface area (Å²) >= 11 is 0. The molecule has 1 aromatic rings. The summed E-state index contributed by atoms with van der Waals surface area (Å²) in [5, 5.41) is 11.7. The Morgan fingerprint density at radius 1 is 1.45 bits per heavy atom. The Morgan fingerprint density at radius 2 is 2.10 bits per heavy atom. The van der Waals surface area contributed by atoms with Gasteiger partial charge in [-0.25, -0.2) is 4.39 Å². The molecule has 0 aromatic heterocycles.